The number of aromatic hydroxyl groups is 2. The Morgan fingerprint density at radius 3 is 2.34 bits per heavy atom. The van der Waals surface area contributed by atoms with Gasteiger partial charge in [0.2, 0.25) is 0 Å². The minimum atomic E-state index is -0.593. The van der Waals surface area contributed by atoms with Gasteiger partial charge in [-0.1, -0.05) is 25.5 Å². The van der Waals surface area contributed by atoms with Crippen molar-refractivity contribution in [2.45, 2.75) is 26.4 Å². The van der Waals surface area contributed by atoms with Gasteiger partial charge in [-0.25, -0.2) is 4.39 Å². The summed E-state index contributed by atoms with van der Waals surface area (Å²) >= 11 is 0. The molecular formula is C29H30FNO4. The SMILES string of the molecule is CCC1CN(CCOc2ccc(C3Oc4cc(O)ccc4C(C)=C3c3ccc(O)cc3F)cc2)C1. The first kappa shape index (κ1) is 23.2. The van der Waals surface area contributed by atoms with Crippen LogP contribution in [0.15, 0.2) is 60.7 Å². The Morgan fingerprint density at radius 1 is 0.971 bits per heavy atom. The van der Waals surface area contributed by atoms with Crippen LogP contribution in [-0.4, -0.2) is 41.4 Å². The van der Waals surface area contributed by atoms with Gasteiger partial charge in [-0.15, -0.1) is 0 Å². The highest BCUT2D eigenvalue weighted by atomic mass is 19.1. The molecule has 3 aromatic rings. The third-order valence-electron chi connectivity index (χ3n) is 6.99. The van der Waals surface area contributed by atoms with Crippen molar-refractivity contribution < 1.29 is 24.1 Å². The lowest BCUT2D eigenvalue weighted by atomic mass is 9.86. The van der Waals surface area contributed by atoms with Crippen LogP contribution in [-0.2, 0) is 0 Å². The van der Waals surface area contributed by atoms with E-state index in [4.69, 9.17) is 9.47 Å². The molecule has 3 aromatic carbocycles. The second kappa shape index (κ2) is 9.62. The Hall–Kier alpha value is -3.51. The van der Waals surface area contributed by atoms with Crippen LogP contribution in [0.5, 0.6) is 23.0 Å². The Bertz CT molecular complexity index is 1250. The first-order chi connectivity index (χ1) is 16.9. The summed E-state index contributed by atoms with van der Waals surface area (Å²) in [6.07, 6.45) is 0.639. The summed E-state index contributed by atoms with van der Waals surface area (Å²) in [7, 11) is 0. The molecule has 1 unspecified atom stereocenters. The molecule has 35 heavy (non-hydrogen) atoms. The van der Waals surface area contributed by atoms with Crippen LogP contribution in [0.3, 0.4) is 0 Å². The molecule has 1 fully saturated rings. The van der Waals surface area contributed by atoms with Crippen LogP contribution in [0, 0.1) is 11.7 Å². The van der Waals surface area contributed by atoms with E-state index < -0.39 is 11.9 Å². The van der Waals surface area contributed by atoms with Crippen LogP contribution in [0.2, 0.25) is 0 Å². The Balaban J connectivity index is 1.40. The largest absolute Gasteiger partial charge is 0.508 e. The van der Waals surface area contributed by atoms with E-state index in [1.54, 1.807) is 24.3 Å². The molecule has 0 bridgehead atoms. The van der Waals surface area contributed by atoms with Crippen molar-refractivity contribution in [2.24, 2.45) is 5.92 Å². The summed E-state index contributed by atoms with van der Waals surface area (Å²) in [5, 5.41) is 19.7. The van der Waals surface area contributed by atoms with Gasteiger partial charge in [-0.2, -0.15) is 0 Å². The normalized spacial score (nSPS) is 18.1. The van der Waals surface area contributed by atoms with Crippen LogP contribution < -0.4 is 9.47 Å². The number of hydrogen-bond donors (Lipinski definition) is 2. The van der Waals surface area contributed by atoms with Gasteiger partial charge in [0.05, 0.1) is 0 Å². The maximum absolute atomic E-state index is 15.0. The Labute approximate surface area is 205 Å². The highest BCUT2D eigenvalue weighted by molar-refractivity contribution is 5.95. The fraction of sp³-hybridized carbons (Fsp3) is 0.310. The second-order valence-corrected chi connectivity index (χ2v) is 9.33. The lowest BCUT2D eigenvalue weighted by Crippen LogP contribution is -2.47. The number of allylic oxidation sites excluding steroid dienone is 1. The molecule has 0 saturated carbocycles. The van der Waals surface area contributed by atoms with Crippen molar-refractivity contribution in [3.63, 3.8) is 0 Å². The summed E-state index contributed by atoms with van der Waals surface area (Å²) in [6.45, 7) is 8.00. The molecule has 0 radical (unpaired) electrons. The van der Waals surface area contributed by atoms with Crippen molar-refractivity contribution >= 4 is 11.1 Å². The molecule has 5 nitrogen and oxygen atoms in total. The average Bonchev–Trinajstić information content (AvgIpc) is 2.81. The molecule has 0 amide bonds. The Kier molecular flexibility index (Phi) is 6.39. The second-order valence-electron chi connectivity index (χ2n) is 9.33. The predicted molar refractivity (Wildman–Crippen MR) is 134 cm³/mol. The maximum atomic E-state index is 15.0. The monoisotopic (exact) mass is 475 g/mol. The fourth-order valence-electron chi connectivity index (χ4n) is 4.90. The van der Waals surface area contributed by atoms with Gasteiger partial charge in [0.15, 0.2) is 0 Å². The van der Waals surface area contributed by atoms with Crippen molar-refractivity contribution in [1.82, 2.24) is 4.90 Å². The number of phenolic OH excluding ortho intramolecular Hbond substituents is 2. The number of rotatable bonds is 7. The fourth-order valence-corrected chi connectivity index (χ4v) is 4.90. The number of hydrogen-bond acceptors (Lipinski definition) is 5. The van der Waals surface area contributed by atoms with E-state index in [1.807, 2.05) is 31.2 Å². The van der Waals surface area contributed by atoms with E-state index in [9.17, 15) is 14.6 Å². The summed E-state index contributed by atoms with van der Waals surface area (Å²) in [5.41, 5.74) is 3.52. The molecule has 2 aliphatic heterocycles. The highest BCUT2D eigenvalue weighted by Crippen LogP contribution is 2.48. The zero-order chi connectivity index (χ0) is 24.5. The average molecular weight is 476 g/mol. The quantitative estimate of drug-likeness (QED) is 0.437. The summed E-state index contributed by atoms with van der Waals surface area (Å²) in [4.78, 5) is 2.40. The molecule has 5 rings (SSSR count). The molecule has 2 aliphatic rings. The van der Waals surface area contributed by atoms with Crippen molar-refractivity contribution in [1.29, 1.82) is 0 Å². The number of ether oxygens (including phenoxy) is 2. The maximum Gasteiger partial charge on any atom is 0.150 e. The predicted octanol–water partition coefficient (Wildman–Crippen LogP) is 6.02. The summed E-state index contributed by atoms with van der Waals surface area (Å²) in [5.74, 6) is 1.58. The van der Waals surface area contributed by atoms with Crippen LogP contribution in [0.1, 0.15) is 43.1 Å². The van der Waals surface area contributed by atoms with E-state index in [2.05, 4.69) is 11.8 Å². The van der Waals surface area contributed by atoms with E-state index in [-0.39, 0.29) is 11.5 Å². The molecule has 0 spiro atoms. The number of likely N-dealkylation sites (tertiary alicyclic amines) is 1. The lowest BCUT2D eigenvalue weighted by Gasteiger charge is -2.38. The number of phenols is 2. The van der Waals surface area contributed by atoms with E-state index in [0.29, 0.717) is 23.5 Å². The lowest BCUT2D eigenvalue weighted by molar-refractivity contribution is 0.0806. The minimum absolute atomic E-state index is 0.103. The summed E-state index contributed by atoms with van der Waals surface area (Å²) in [6, 6.07) is 16.7. The molecular weight excluding hydrogens is 445 g/mol. The van der Waals surface area contributed by atoms with Gasteiger partial charge >= 0.3 is 0 Å². The minimum Gasteiger partial charge on any atom is -0.508 e. The number of nitrogens with zero attached hydrogens (tertiary/aromatic N) is 1. The first-order valence-corrected chi connectivity index (χ1v) is 12.1. The van der Waals surface area contributed by atoms with E-state index in [0.717, 1.165) is 54.1 Å². The third kappa shape index (κ3) is 4.71. The van der Waals surface area contributed by atoms with Gasteiger partial charge in [0, 0.05) is 48.5 Å². The van der Waals surface area contributed by atoms with Crippen molar-refractivity contribution in [3.05, 3.63) is 83.2 Å². The van der Waals surface area contributed by atoms with Gasteiger partial charge in [-0.3, -0.25) is 4.90 Å². The zero-order valence-corrected chi connectivity index (χ0v) is 20.0. The first-order valence-electron chi connectivity index (χ1n) is 12.1. The van der Waals surface area contributed by atoms with Gasteiger partial charge in [-0.05, 0) is 60.4 Å². The number of fused-ring (bicyclic) bond motifs is 1. The van der Waals surface area contributed by atoms with Gasteiger partial charge in [0.25, 0.3) is 0 Å². The topological polar surface area (TPSA) is 62.2 Å². The third-order valence-corrected chi connectivity index (χ3v) is 6.99. The van der Waals surface area contributed by atoms with Gasteiger partial charge in [0.1, 0.15) is 41.5 Å². The highest BCUT2D eigenvalue weighted by Gasteiger charge is 2.31. The molecule has 6 heteroatoms. The molecule has 2 heterocycles. The number of benzene rings is 3. The smallest absolute Gasteiger partial charge is 0.150 e. The molecule has 182 valence electrons. The molecule has 0 aliphatic carbocycles. The zero-order valence-electron chi connectivity index (χ0n) is 20.0. The van der Waals surface area contributed by atoms with Crippen LogP contribution in [0.25, 0.3) is 11.1 Å². The summed E-state index contributed by atoms with van der Waals surface area (Å²) < 4.78 is 27.2. The van der Waals surface area contributed by atoms with Crippen LogP contribution >= 0.6 is 0 Å². The van der Waals surface area contributed by atoms with Gasteiger partial charge < -0.3 is 19.7 Å². The molecule has 1 saturated heterocycles. The Morgan fingerprint density at radius 2 is 1.66 bits per heavy atom. The van der Waals surface area contributed by atoms with Crippen molar-refractivity contribution in [2.75, 3.05) is 26.2 Å². The molecule has 2 N–H and O–H groups in total. The van der Waals surface area contributed by atoms with Crippen LogP contribution in [0.4, 0.5) is 4.39 Å². The standard InChI is InChI=1S/C29H30FNO4/c1-3-19-16-31(17-19)12-13-34-23-8-4-20(5-9-23)29-28(25-11-7-21(32)14-26(25)30)18(2)24-10-6-22(33)15-27(24)35-29/h4-11,14-15,19,29,32-33H,3,12-13,16-17H2,1-2H3. The number of halogens is 1. The molecule has 1 atom stereocenters. The van der Waals surface area contributed by atoms with E-state index in [1.165, 1.54) is 12.5 Å². The molecule has 0 aromatic heterocycles. The van der Waals surface area contributed by atoms with E-state index >= 15 is 0 Å². The van der Waals surface area contributed by atoms with Crippen molar-refractivity contribution in [3.8, 4) is 23.0 Å².